The normalized spacial score (nSPS) is 14.7. The first kappa shape index (κ1) is 37.5. The van der Waals surface area contributed by atoms with Crippen molar-refractivity contribution >= 4 is 0 Å². The molecule has 0 bridgehead atoms. The zero-order chi connectivity index (χ0) is 28.1. The number of nitrogens with zero attached hydrogens (tertiary/aromatic N) is 1. The molecule has 226 valence electrons. The van der Waals surface area contributed by atoms with Crippen molar-refractivity contribution in [1.29, 1.82) is 5.26 Å². The highest BCUT2D eigenvalue weighted by atomic mass is 14.2. The van der Waals surface area contributed by atoms with Gasteiger partial charge in [-0.1, -0.05) is 195 Å². The highest BCUT2D eigenvalue weighted by Gasteiger charge is 2.09. The number of hydrogen-bond donors (Lipinski definition) is 0. The van der Waals surface area contributed by atoms with Crippen LogP contribution in [0.25, 0.3) is 0 Å². The Hall–Kier alpha value is -0.510. The van der Waals surface area contributed by atoms with Gasteiger partial charge in [-0.25, -0.2) is 0 Å². The van der Waals surface area contributed by atoms with E-state index in [-0.39, 0.29) is 0 Å². The van der Waals surface area contributed by atoms with Gasteiger partial charge in [0.1, 0.15) is 0 Å². The second kappa shape index (κ2) is 29.5. The fraction of sp³-hybridized carbons (Fsp3) is 0.973. The molecule has 0 aliphatic rings. The summed E-state index contributed by atoms with van der Waals surface area (Å²) in [6.45, 7) is 12.3. The summed E-state index contributed by atoms with van der Waals surface area (Å²) < 4.78 is 0. The highest BCUT2D eigenvalue weighted by molar-refractivity contribution is 4.67. The van der Waals surface area contributed by atoms with Crippen molar-refractivity contribution in [1.82, 2.24) is 0 Å². The van der Waals surface area contributed by atoms with Crippen molar-refractivity contribution in [3.8, 4) is 6.07 Å². The van der Waals surface area contributed by atoms with Gasteiger partial charge in [0, 0.05) is 6.42 Å². The molecule has 0 heterocycles. The summed E-state index contributed by atoms with van der Waals surface area (Å²) in [5.74, 6) is 3.74. The monoisotopic (exact) mass is 532 g/mol. The van der Waals surface area contributed by atoms with Crippen molar-refractivity contribution in [2.24, 2.45) is 23.7 Å². The van der Waals surface area contributed by atoms with Crippen LogP contribution in [-0.4, -0.2) is 0 Å². The smallest absolute Gasteiger partial charge is 0.0621 e. The second-order valence-corrected chi connectivity index (χ2v) is 13.6. The third-order valence-corrected chi connectivity index (χ3v) is 9.22. The third kappa shape index (κ3) is 28.5. The first-order valence-corrected chi connectivity index (χ1v) is 17.9. The fourth-order valence-electron chi connectivity index (χ4n) is 6.22. The third-order valence-electron chi connectivity index (χ3n) is 9.22. The Morgan fingerprint density at radius 3 is 0.947 bits per heavy atom. The summed E-state index contributed by atoms with van der Waals surface area (Å²) in [7, 11) is 0. The van der Waals surface area contributed by atoms with Gasteiger partial charge in [0.2, 0.25) is 0 Å². The van der Waals surface area contributed by atoms with E-state index in [1.54, 1.807) is 0 Å². The standard InChI is InChI=1S/C37H73N/c1-6-7-25-34(2)27-22-29-36(4)31-24-32-37(5)30-23-28-35(3)26-20-18-16-14-12-10-8-9-11-13-15-17-19-21-33-38/h34-37H,6-32H2,1-5H3. The Morgan fingerprint density at radius 1 is 0.368 bits per heavy atom. The highest BCUT2D eigenvalue weighted by Crippen LogP contribution is 2.24. The Morgan fingerprint density at radius 2 is 0.632 bits per heavy atom. The molecule has 0 saturated carbocycles. The lowest BCUT2D eigenvalue weighted by molar-refractivity contribution is 0.365. The molecule has 0 aliphatic heterocycles. The first-order valence-electron chi connectivity index (χ1n) is 17.9. The van der Waals surface area contributed by atoms with Gasteiger partial charge < -0.3 is 0 Å². The van der Waals surface area contributed by atoms with Crippen molar-refractivity contribution in [3.63, 3.8) is 0 Å². The number of unbranched alkanes of at least 4 members (excludes halogenated alkanes) is 14. The number of nitriles is 1. The van der Waals surface area contributed by atoms with Crippen LogP contribution >= 0.6 is 0 Å². The van der Waals surface area contributed by atoms with Crippen LogP contribution in [0.3, 0.4) is 0 Å². The fourth-order valence-corrected chi connectivity index (χ4v) is 6.22. The lowest BCUT2D eigenvalue weighted by atomic mass is 9.90. The quantitative estimate of drug-likeness (QED) is 0.0845. The predicted octanol–water partition coefficient (Wildman–Crippen LogP) is 13.6. The molecule has 38 heavy (non-hydrogen) atoms. The minimum Gasteiger partial charge on any atom is -0.198 e. The molecule has 1 nitrogen and oxygen atoms in total. The van der Waals surface area contributed by atoms with E-state index in [4.69, 9.17) is 5.26 Å². The molecule has 1 heteroatoms. The molecule has 0 rings (SSSR count). The van der Waals surface area contributed by atoms with Gasteiger partial charge in [-0.15, -0.1) is 0 Å². The largest absolute Gasteiger partial charge is 0.198 e. The lowest BCUT2D eigenvalue weighted by Crippen LogP contribution is -2.02. The Labute approximate surface area is 242 Å². The molecule has 0 aromatic carbocycles. The Bertz CT molecular complexity index is 491. The molecule has 0 amide bonds. The van der Waals surface area contributed by atoms with Crippen LogP contribution in [0.4, 0.5) is 0 Å². The molecule has 4 atom stereocenters. The van der Waals surface area contributed by atoms with E-state index in [1.807, 2.05) is 0 Å². The molecule has 0 aromatic rings. The van der Waals surface area contributed by atoms with Crippen molar-refractivity contribution in [2.45, 2.75) is 208 Å². The van der Waals surface area contributed by atoms with Crippen molar-refractivity contribution < 1.29 is 0 Å². The van der Waals surface area contributed by atoms with E-state index in [0.717, 1.165) is 36.5 Å². The van der Waals surface area contributed by atoms with E-state index < -0.39 is 0 Å². The molecule has 0 aliphatic carbocycles. The molecular weight excluding hydrogens is 458 g/mol. The van der Waals surface area contributed by atoms with Gasteiger partial charge in [-0.3, -0.25) is 0 Å². The van der Waals surface area contributed by atoms with Gasteiger partial charge in [-0.05, 0) is 30.1 Å². The molecule has 0 fully saturated rings. The summed E-state index contributed by atoms with van der Waals surface area (Å²) in [5, 5.41) is 8.55. The maximum atomic E-state index is 8.55. The number of rotatable bonds is 30. The topological polar surface area (TPSA) is 23.8 Å². The summed E-state index contributed by atoms with van der Waals surface area (Å²) in [5.41, 5.74) is 0. The van der Waals surface area contributed by atoms with Crippen LogP contribution in [0.5, 0.6) is 0 Å². The van der Waals surface area contributed by atoms with Crippen LogP contribution in [0.2, 0.25) is 0 Å². The van der Waals surface area contributed by atoms with Crippen LogP contribution in [-0.2, 0) is 0 Å². The summed E-state index contributed by atoms with van der Waals surface area (Å²) in [4.78, 5) is 0. The van der Waals surface area contributed by atoms with E-state index in [2.05, 4.69) is 40.7 Å². The maximum absolute atomic E-state index is 8.55. The average molecular weight is 532 g/mol. The molecule has 0 radical (unpaired) electrons. The SMILES string of the molecule is CCCCC(C)CCCC(C)CCCC(C)CCCC(C)CCCCCCCCCCCCCCCC#N. The van der Waals surface area contributed by atoms with Gasteiger partial charge in [-0.2, -0.15) is 5.26 Å². The van der Waals surface area contributed by atoms with E-state index in [1.165, 1.54) is 161 Å². The van der Waals surface area contributed by atoms with Crippen LogP contribution < -0.4 is 0 Å². The predicted molar refractivity (Wildman–Crippen MR) is 173 cm³/mol. The zero-order valence-corrected chi connectivity index (χ0v) is 27.3. The first-order chi connectivity index (χ1) is 18.5. The van der Waals surface area contributed by atoms with Crippen LogP contribution in [0.15, 0.2) is 0 Å². The maximum Gasteiger partial charge on any atom is 0.0621 e. The molecule has 0 spiro atoms. The number of hydrogen-bond acceptors (Lipinski definition) is 1. The average Bonchev–Trinajstić information content (AvgIpc) is 2.89. The van der Waals surface area contributed by atoms with Gasteiger partial charge in [0.25, 0.3) is 0 Å². The van der Waals surface area contributed by atoms with Gasteiger partial charge >= 0.3 is 0 Å². The molecule has 4 unspecified atom stereocenters. The van der Waals surface area contributed by atoms with Crippen LogP contribution in [0, 0.1) is 35.0 Å². The molecule has 0 saturated heterocycles. The second-order valence-electron chi connectivity index (χ2n) is 13.6. The Balaban J connectivity index is 3.41. The Kier molecular flexibility index (Phi) is 29.1. The summed E-state index contributed by atoms with van der Waals surface area (Å²) >= 11 is 0. The van der Waals surface area contributed by atoms with E-state index in [0.29, 0.717) is 0 Å². The minimum atomic E-state index is 0.747. The van der Waals surface area contributed by atoms with Gasteiger partial charge in [0.05, 0.1) is 6.07 Å². The molecule has 0 aromatic heterocycles. The van der Waals surface area contributed by atoms with E-state index >= 15 is 0 Å². The van der Waals surface area contributed by atoms with Crippen LogP contribution in [0.1, 0.15) is 208 Å². The zero-order valence-electron chi connectivity index (χ0n) is 27.3. The van der Waals surface area contributed by atoms with Crippen molar-refractivity contribution in [2.75, 3.05) is 0 Å². The molecule has 0 N–H and O–H groups in total. The van der Waals surface area contributed by atoms with Gasteiger partial charge in [0.15, 0.2) is 0 Å². The minimum absolute atomic E-state index is 0.747. The summed E-state index contributed by atoms with van der Waals surface area (Å²) in [6.07, 6.45) is 37.5. The lowest BCUT2D eigenvalue weighted by Gasteiger charge is -2.17. The van der Waals surface area contributed by atoms with E-state index in [9.17, 15) is 0 Å². The van der Waals surface area contributed by atoms with Crippen molar-refractivity contribution in [3.05, 3.63) is 0 Å². The molecular formula is C37H73N. The summed E-state index contributed by atoms with van der Waals surface area (Å²) in [6, 6.07) is 2.24.